The molecule has 0 unspecified atom stereocenters. The van der Waals surface area contributed by atoms with E-state index in [0.29, 0.717) is 25.3 Å². The molecule has 0 aromatic heterocycles. The summed E-state index contributed by atoms with van der Waals surface area (Å²) in [6.07, 6.45) is 1.15. The van der Waals surface area contributed by atoms with Crippen LogP contribution in [0.4, 0.5) is 0 Å². The van der Waals surface area contributed by atoms with Gasteiger partial charge in [-0.25, -0.2) is 8.42 Å². The van der Waals surface area contributed by atoms with Crippen LogP contribution in [0.1, 0.15) is 38.2 Å². The van der Waals surface area contributed by atoms with Crippen LogP contribution >= 0.6 is 11.6 Å². The van der Waals surface area contributed by atoms with Crippen molar-refractivity contribution in [1.82, 2.24) is 4.31 Å². The molecule has 0 N–H and O–H groups in total. The maximum absolute atomic E-state index is 12.5. The van der Waals surface area contributed by atoms with Gasteiger partial charge in [0.15, 0.2) is 0 Å². The first-order chi connectivity index (χ1) is 9.34. The maximum atomic E-state index is 12.5. The lowest BCUT2D eigenvalue weighted by atomic mass is 10.0. The summed E-state index contributed by atoms with van der Waals surface area (Å²) in [5.74, 6) is 0.343. The van der Waals surface area contributed by atoms with E-state index in [0.717, 1.165) is 5.56 Å². The van der Waals surface area contributed by atoms with Gasteiger partial charge in [0, 0.05) is 6.54 Å². The molecule has 6 heteroatoms. The molecule has 1 atom stereocenters. The molecular weight excluding hydrogens is 298 g/mol. The normalized spacial score (nSPS) is 20.5. The van der Waals surface area contributed by atoms with E-state index in [4.69, 9.17) is 11.6 Å². The van der Waals surface area contributed by atoms with E-state index >= 15 is 0 Å². The molecule has 0 bridgehead atoms. The molecule has 1 heterocycles. The smallest absolute Gasteiger partial charge is 0.243 e. The van der Waals surface area contributed by atoms with Crippen LogP contribution in [0.3, 0.4) is 0 Å². The first-order valence-electron chi connectivity index (χ1n) is 6.65. The van der Waals surface area contributed by atoms with Crippen molar-refractivity contribution in [3.8, 4) is 0 Å². The molecule has 1 fully saturated rings. The molecule has 0 amide bonds. The van der Waals surface area contributed by atoms with Gasteiger partial charge in [-0.05, 0) is 48.1 Å². The van der Waals surface area contributed by atoms with E-state index in [2.05, 4.69) is 0 Å². The van der Waals surface area contributed by atoms with Crippen molar-refractivity contribution in [3.05, 3.63) is 29.8 Å². The fourth-order valence-corrected chi connectivity index (χ4v) is 4.36. The predicted molar refractivity (Wildman–Crippen MR) is 78.3 cm³/mol. The Labute approximate surface area is 124 Å². The van der Waals surface area contributed by atoms with Crippen LogP contribution < -0.4 is 0 Å². The van der Waals surface area contributed by atoms with E-state index in [9.17, 15) is 13.2 Å². The van der Waals surface area contributed by atoms with Crippen LogP contribution in [-0.4, -0.2) is 30.6 Å². The summed E-state index contributed by atoms with van der Waals surface area (Å²) in [4.78, 5) is 11.6. The van der Waals surface area contributed by atoms with Gasteiger partial charge < -0.3 is 0 Å². The predicted octanol–water partition coefficient (Wildman–Crippen LogP) is 2.73. The third-order valence-electron chi connectivity index (χ3n) is 3.62. The zero-order valence-electron chi connectivity index (χ0n) is 11.5. The molecule has 2 rings (SSSR count). The first-order valence-corrected chi connectivity index (χ1v) is 8.47. The van der Waals surface area contributed by atoms with Crippen molar-refractivity contribution >= 4 is 26.9 Å². The Bertz CT molecular complexity index is 595. The Morgan fingerprint density at radius 3 is 2.40 bits per heavy atom. The number of sulfonamides is 1. The Kier molecular flexibility index (Phi) is 4.52. The zero-order valence-corrected chi connectivity index (χ0v) is 13.1. The van der Waals surface area contributed by atoms with Crippen LogP contribution in [0, 0.1) is 0 Å². The van der Waals surface area contributed by atoms with Gasteiger partial charge >= 0.3 is 0 Å². The monoisotopic (exact) mass is 315 g/mol. The standard InChI is InChI=1S/C14H18ClNO3S/c1-10(2)11-5-7-12(8-6-11)20(18,19)16-9-3-4-13(16)14(15)17/h5-8,10,13H,3-4,9H2,1-2H3/t13-/m0/s1. The van der Waals surface area contributed by atoms with Crippen LogP contribution in [0.25, 0.3) is 0 Å². The number of nitrogens with zero attached hydrogens (tertiary/aromatic N) is 1. The number of rotatable bonds is 4. The van der Waals surface area contributed by atoms with Crippen molar-refractivity contribution in [2.24, 2.45) is 0 Å². The van der Waals surface area contributed by atoms with Gasteiger partial charge in [-0.3, -0.25) is 4.79 Å². The molecule has 20 heavy (non-hydrogen) atoms. The van der Waals surface area contributed by atoms with E-state index in [1.54, 1.807) is 12.1 Å². The highest BCUT2D eigenvalue weighted by Crippen LogP contribution is 2.28. The number of benzene rings is 1. The third-order valence-corrected chi connectivity index (χ3v) is 5.79. The van der Waals surface area contributed by atoms with E-state index in [1.165, 1.54) is 4.31 Å². The molecule has 1 aliphatic rings. The Hall–Kier alpha value is -0.910. The maximum Gasteiger partial charge on any atom is 0.243 e. The molecule has 110 valence electrons. The average molecular weight is 316 g/mol. The van der Waals surface area contributed by atoms with E-state index in [1.807, 2.05) is 26.0 Å². The van der Waals surface area contributed by atoms with E-state index in [-0.39, 0.29) is 4.90 Å². The molecule has 4 nitrogen and oxygen atoms in total. The second-order valence-electron chi connectivity index (χ2n) is 5.30. The molecule has 0 radical (unpaired) electrons. The second-order valence-corrected chi connectivity index (χ2v) is 7.56. The topological polar surface area (TPSA) is 54.5 Å². The lowest BCUT2D eigenvalue weighted by Gasteiger charge is -2.21. The number of carbonyl (C=O) groups excluding carboxylic acids is 1. The lowest BCUT2D eigenvalue weighted by molar-refractivity contribution is -0.114. The van der Waals surface area contributed by atoms with Crippen molar-refractivity contribution in [2.45, 2.75) is 43.5 Å². The van der Waals surface area contributed by atoms with Gasteiger partial charge in [0.05, 0.1) is 10.9 Å². The molecule has 1 aromatic rings. The minimum atomic E-state index is -3.65. The molecule has 0 saturated carbocycles. The molecule has 0 aliphatic carbocycles. The van der Waals surface area contributed by atoms with Gasteiger partial charge in [0.25, 0.3) is 0 Å². The summed E-state index contributed by atoms with van der Waals surface area (Å²) >= 11 is 5.49. The largest absolute Gasteiger partial charge is 0.279 e. The molecule has 1 saturated heterocycles. The molecule has 1 aromatic carbocycles. The highest BCUT2D eigenvalue weighted by molar-refractivity contribution is 7.89. The fourth-order valence-electron chi connectivity index (χ4n) is 2.41. The highest BCUT2D eigenvalue weighted by Gasteiger charge is 2.38. The van der Waals surface area contributed by atoms with Crippen LogP contribution in [0.5, 0.6) is 0 Å². The van der Waals surface area contributed by atoms with Crippen LogP contribution in [0.2, 0.25) is 0 Å². The summed E-state index contributed by atoms with van der Waals surface area (Å²) in [5, 5.41) is -0.607. The van der Waals surface area contributed by atoms with E-state index < -0.39 is 21.3 Å². The third kappa shape index (κ3) is 2.90. The SMILES string of the molecule is CC(C)c1ccc(S(=O)(=O)N2CCC[C@H]2C(=O)Cl)cc1. The second kappa shape index (κ2) is 5.84. The van der Waals surface area contributed by atoms with Gasteiger partial charge in [-0.1, -0.05) is 26.0 Å². The zero-order chi connectivity index (χ0) is 14.9. The number of carbonyl (C=O) groups is 1. The summed E-state index contributed by atoms with van der Waals surface area (Å²) in [5.41, 5.74) is 1.08. The average Bonchev–Trinajstić information content (AvgIpc) is 2.89. The summed E-state index contributed by atoms with van der Waals surface area (Å²) in [6.45, 7) is 4.44. The minimum Gasteiger partial charge on any atom is -0.279 e. The van der Waals surface area contributed by atoms with Crippen LogP contribution in [0.15, 0.2) is 29.2 Å². The van der Waals surface area contributed by atoms with Crippen molar-refractivity contribution in [2.75, 3.05) is 6.54 Å². The Morgan fingerprint density at radius 2 is 1.90 bits per heavy atom. The number of hydrogen-bond donors (Lipinski definition) is 0. The fraction of sp³-hybridized carbons (Fsp3) is 0.500. The molecular formula is C14H18ClNO3S. The van der Waals surface area contributed by atoms with Gasteiger partial charge in [0.1, 0.15) is 0 Å². The lowest BCUT2D eigenvalue weighted by Crippen LogP contribution is -2.38. The summed E-state index contributed by atoms with van der Waals surface area (Å²) in [7, 11) is -3.65. The van der Waals surface area contributed by atoms with Crippen molar-refractivity contribution < 1.29 is 13.2 Å². The summed E-state index contributed by atoms with van der Waals surface area (Å²) in [6, 6.07) is 6.08. The molecule has 1 aliphatic heterocycles. The number of hydrogen-bond acceptors (Lipinski definition) is 3. The minimum absolute atomic E-state index is 0.215. The van der Waals surface area contributed by atoms with Gasteiger partial charge in [0.2, 0.25) is 15.3 Å². The summed E-state index contributed by atoms with van der Waals surface area (Å²) < 4.78 is 26.3. The molecule has 0 spiro atoms. The Balaban J connectivity index is 2.32. The quantitative estimate of drug-likeness (QED) is 0.803. The highest BCUT2D eigenvalue weighted by atomic mass is 35.5. The van der Waals surface area contributed by atoms with Gasteiger partial charge in [-0.2, -0.15) is 4.31 Å². The van der Waals surface area contributed by atoms with Gasteiger partial charge in [-0.15, -0.1) is 0 Å². The van der Waals surface area contributed by atoms with Crippen LogP contribution in [-0.2, 0) is 14.8 Å². The van der Waals surface area contributed by atoms with Crippen molar-refractivity contribution in [3.63, 3.8) is 0 Å². The Morgan fingerprint density at radius 1 is 1.30 bits per heavy atom. The van der Waals surface area contributed by atoms with Crippen molar-refractivity contribution in [1.29, 1.82) is 0 Å². The number of halogens is 1. The first kappa shape index (κ1) is 15.5.